The predicted molar refractivity (Wildman–Crippen MR) is 109 cm³/mol. The van der Waals surface area contributed by atoms with Gasteiger partial charge in [0.05, 0.1) is 18.1 Å². The number of pyridine rings is 1. The van der Waals surface area contributed by atoms with Crippen molar-refractivity contribution in [3.05, 3.63) is 65.7 Å². The Balaban J connectivity index is 1.20. The summed E-state index contributed by atoms with van der Waals surface area (Å²) in [6.45, 7) is 3.54. The van der Waals surface area contributed by atoms with Gasteiger partial charge in [-0.05, 0) is 61.1 Å². The number of ether oxygens (including phenoxy) is 1. The van der Waals surface area contributed by atoms with Gasteiger partial charge < -0.3 is 10.1 Å². The van der Waals surface area contributed by atoms with Crippen LogP contribution in [0.3, 0.4) is 0 Å². The van der Waals surface area contributed by atoms with Gasteiger partial charge in [-0.1, -0.05) is 12.1 Å². The molecule has 1 N–H and O–H groups in total. The highest BCUT2D eigenvalue weighted by molar-refractivity contribution is 5.78. The van der Waals surface area contributed by atoms with E-state index in [2.05, 4.69) is 27.3 Å². The third kappa shape index (κ3) is 5.40. The van der Waals surface area contributed by atoms with E-state index in [0.29, 0.717) is 12.1 Å². The highest BCUT2D eigenvalue weighted by Crippen LogP contribution is 2.39. The Labute approximate surface area is 171 Å². The van der Waals surface area contributed by atoms with Crippen molar-refractivity contribution >= 4 is 5.91 Å². The monoisotopic (exact) mass is 397 g/mol. The number of aromatic nitrogens is 1. The molecule has 2 aliphatic heterocycles. The van der Waals surface area contributed by atoms with Crippen molar-refractivity contribution in [2.75, 3.05) is 19.6 Å². The fourth-order valence-corrected chi connectivity index (χ4v) is 4.39. The maximum absolute atomic E-state index is 13.2. The molecular weight excluding hydrogens is 369 g/mol. The van der Waals surface area contributed by atoms with Crippen molar-refractivity contribution in [2.45, 2.75) is 50.4 Å². The van der Waals surface area contributed by atoms with Crippen LogP contribution in [0, 0.1) is 5.82 Å². The van der Waals surface area contributed by atoms with Crippen LogP contribution >= 0.6 is 0 Å². The minimum atomic E-state index is -0.313. The molecule has 0 bridgehead atoms. The lowest BCUT2D eigenvalue weighted by molar-refractivity contribution is -0.122. The van der Waals surface area contributed by atoms with E-state index in [1.54, 1.807) is 12.1 Å². The third-order valence-corrected chi connectivity index (χ3v) is 6.04. The second kappa shape index (κ2) is 9.01. The zero-order valence-corrected chi connectivity index (χ0v) is 16.6. The Morgan fingerprint density at radius 3 is 2.72 bits per heavy atom. The first-order valence-corrected chi connectivity index (χ1v) is 10.4. The van der Waals surface area contributed by atoms with Crippen LogP contribution in [0.25, 0.3) is 0 Å². The van der Waals surface area contributed by atoms with E-state index in [1.807, 2.05) is 12.4 Å². The summed E-state index contributed by atoms with van der Waals surface area (Å²) >= 11 is 0. The second-order valence-corrected chi connectivity index (χ2v) is 8.20. The molecule has 0 aliphatic carbocycles. The van der Waals surface area contributed by atoms with E-state index in [-0.39, 0.29) is 29.9 Å². The number of piperidine rings is 1. The Bertz CT molecular complexity index is 822. The van der Waals surface area contributed by atoms with Crippen molar-refractivity contribution < 1.29 is 13.9 Å². The van der Waals surface area contributed by atoms with Gasteiger partial charge in [0.25, 0.3) is 0 Å². The number of likely N-dealkylation sites (tertiary alicyclic amines) is 1. The fourth-order valence-electron chi connectivity index (χ4n) is 4.39. The normalized spacial score (nSPS) is 21.3. The molecule has 3 heterocycles. The summed E-state index contributed by atoms with van der Waals surface area (Å²) in [5.41, 5.74) is 1.95. The molecule has 2 aromatic rings. The summed E-state index contributed by atoms with van der Waals surface area (Å²) < 4.78 is 19.6. The molecule has 2 fully saturated rings. The van der Waals surface area contributed by atoms with Crippen molar-refractivity contribution in [2.24, 2.45) is 0 Å². The molecule has 29 heavy (non-hydrogen) atoms. The number of nitrogens with zero attached hydrogens (tertiary/aromatic N) is 2. The lowest BCUT2D eigenvalue weighted by atomic mass is 9.88. The van der Waals surface area contributed by atoms with Gasteiger partial charge in [0.1, 0.15) is 5.82 Å². The van der Waals surface area contributed by atoms with Crippen molar-refractivity contribution in [3.63, 3.8) is 0 Å². The molecule has 1 aromatic heterocycles. The SMILES string of the molecule is O=C(Cc1cccc(F)c1)NC[C@@H]1CCC2(CCN(Cc3ccncc3)CC2)O1. The quantitative estimate of drug-likeness (QED) is 0.814. The van der Waals surface area contributed by atoms with E-state index >= 15 is 0 Å². The zero-order chi connectivity index (χ0) is 20.1. The van der Waals surface area contributed by atoms with E-state index in [1.165, 1.54) is 17.7 Å². The van der Waals surface area contributed by atoms with Crippen molar-refractivity contribution in [1.29, 1.82) is 0 Å². The second-order valence-electron chi connectivity index (χ2n) is 8.20. The zero-order valence-electron chi connectivity index (χ0n) is 16.6. The topological polar surface area (TPSA) is 54.5 Å². The van der Waals surface area contributed by atoms with Gasteiger partial charge in [-0.15, -0.1) is 0 Å². The number of rotatable bonds is 6. The first-order valence-electron chi connectivity index (χ1n) is 10.4. The molecule has 5 nitrogen and oxygen atoms in total. The van der Waals surface area contributed by atoms with Gasteiger partial charge in [0, 0.05) is 38.6 Å². The van der Waals surface area contributed by atoms with E-state index in [9.17, 15) is 9.18 Å². The van der Waals surface area contributed by atoms with Crippen LogP contribution in [0.2, 0.25) is 0 Å². The maximum Gasteiger partial charge on any atom is 0.224 e. The highest BCUT2D eigenvalue weighted by Gasteiger charge is 2.42. The molecule has 154 valence electrons. The van der Waals surface area contributed by atoms with Crippen LogP contribution in [0.4, 0.5) is 4.39 Å². The molecule has 0 radical (unpaired) electrons. The highest BCUT2D eigenvalue weighted by atomic mass is 19.1. The first-order chi connectivity index (χ1) is 14.1. The molecule has 0 saturated carbocycles. The van der Waals surface area contributed by atoms with Crippen LogP contribution in [0.5, 0.6) is 0 Å². The fraction of sp³-hybridized carbons (Fsp3) is 0.478. The molecule has 1 atom stereocenters. The standard InChI is InChI=1S/C23H28FN3O2/c24-20-3-1-2-19(14-20)15-22(28)26-16-21-4-7-23(29-21)8-12-27(13-9-23)17-18-5-10-25-11-6-18/h1-3,5-6,10-11,14,21H,4,7-9,12-13,15-17H2,(H,26,28)/t21-/m0/s1. The van der Waals surface area contributed by atoms with Crippen LogP contribution in [0.15, 0.2) is 48.8 Å². The van der Waals surface area contributed by atoms with Crippen molar-refractivity contribution in [1.82, 2.24) is 15.2 Å². The molecule has 0 unspecified atom stereocenters. The smallest absolute Gasteiger partial charge is 0.224 e. The van der Waals surface area contributed by atoms with E-state index in [0.717, 1.165) is 45.3 Å². The summed E-state index contributed by atoms with van der Waals surface area (Å²) in [5, 5.41) is 2.95. The van der Waals surface area contributed by atoms with Crippen LogP contribution < -0.4 is 5.32 Å². The molecular formula is C23H28FN3O2. The Hall–Kier alpha value is -2.31. The lowest BCUT2D eigenvalue weighted by Gasteiger charge is -2.39. The number of nitrogens with one attached hydrogen (secondary N) is 1. The molecule has 1 amide bonds. The van der Waals surface area contributed by atoms with Gasteiger partial charge >= 0.3 is 0 Å². The Morgan fingerprint density at radius 2 is 1.97 bits per heavy atom. The van der Waals surface area contributed by atoms with Crippen LogP contribution in [-0.2, 0) is 22.5 Å². The summed E-state index contributed by atoms with van der Waals surface area (Å²) in [5.74, 6) is -0.404. The third-order valence-electron chi connectivity index (χ3n) is 6.04. The van der Waals surface area contributed by atoms with E-state index < -0.39 is 0 Å². The van der Waals surface area contributed by atoms with Gasteiger partial charge in [-0.25, -0.2) is 4.39 Å². The van der Waals surface area contributed by atoms with Gasteiger partial charge in [-0.3, -0.25) is 14.7 Å². The maximum atomic E-state index is 13.2. The molecule has 4 rings (SSSR count). The Kier molecular flexibility index (Phi) is 6.21. The number of benzene rings is 1. The van der Waals surface area contributed by atoms with Crippen LogP contribution in [0.1, 0.15) is 36.8 Å². The average Bonchev–Trinajstić information content (AvgIpc) is 3.12. The minimum absolute atomic E-state index is 0.0350. The molecule has 1 spiro atoms. The summed E-state index contributed by atoms with van der Waals surface area (Å²) in [4.78, 5) is 18.7. The summed E-state index contributed by atoms with van der Waals surface area (Å²) in [6, 6.07) is 10.3. The van der Waals surface area contributed by atoms with Crippen LogP contribution in [-0.4, -0.2) is 47.1 Å². The number of hydrogen-bond acceptors (Lipinski definition) is 4. The van der Waals surface area contributed by atoms with Gasteiger partial charge in [0.2, 0.25) is 5.91 Å². The number of halogens is 1. The van der Waals surface area contributed by atoms with Crippen molar-refractivity contribution in [3.8, 4) is 0 Å². The number of carbonyl (C=O) groups is 1. The predicted octanol–water partition coefficient (Wildman–Crippen LogP) is 3.09. The van der Waals surface area contributed by atoms with Gasteiger partial charge in [0.15, 0.2) is 0 Å². The lowest BCUT2D eigenvalue weighted by Crippen LogP contribution is -2.44. The number of amides is 1. The number of carbonyl (C=O) groups excluding carboxylic acids is 1. The molecule has 1 aromatic carbocycles. The molecule has 2 saturated heterocycles. The first kappa shape index (κ1) is 20.0. The molecule has 2 aliphatic rings. The van der Waals surface area contributed by atoms with E-state index in [4.69, 9.17) is 4.74 Å². The average molecular weight is 397 g/mol. The molecule has 6 heteroatoms. The number of hydrogen-bond donors (Lipinski definition) is 1. The Morgan fingerprint density at radius 1 is 1.17 bits per heavy atom. The van der Waals surface area contributed by atoms with Gasteiger partial charge in [-0.2, -0.15) is 0 Å². The summed E-state index contributed by atoms with van der Waals surface area (Å²) in [6.07, 6.45) is 8.04. The summed E-state index contributed by atoms with van der Waals surface area (Å²) in [7, 11) is 0. The minimum Gasteiger partial charge on any atom is -0.370 e. The largest absolute Gasteiger partial charge is 0.370 e.